The zero-order valence-corrected chi connectivity index (χ0v) is 17.5. The number of methoxy groups -OCH3 is 2. The number of ether oxygens (including phenoxy) is 5. The van der Waals surface area contributed by atoms with Crippen LogP contribution in [-0.2, 0) is 6.54 Å². The van der Waals surface area contributed by atoms with Crippen LogP contribution in [0.5, 0.6) is 28.7 Å². The molecule has 0 amide bonds. The van der Waals surface area contributed by atoms with E-state index in [0.717, 1.165) is 40.5 Å². The molecule has 2 aromatic carbocycles. The van der Waals surface area contributed by atoms with Gasteiger partial charge < -0.3 is 28.3 Å². The van der Waals surface area contributed by atoms with Gasteiger partial charge in [0.15, 0.2) is 23.0 Å². The highest BCUT2D eigenvalue weighted by Crippen LogP contribution is 2.41. The Labute approximate surface area is 176 Å². The predicted octanol–water partition coefficient (Wildman–Crippen LogP) is 4.18. The summed E-state index contributed by atoms with van der Waals surface area (Å²) in [7, 11) is 3.29. The van der Waals surface area contributed by atoms with Crippen molar-refractivity contribution in [2.75, 3.05) is 34.0 Å². The van der Waals surface area contributed by atoms with Gasteiger partial charge in [-0.1, -0.05) is 6.07 Å². The molecule has 158 valence electrons. The van der Waals surface area contributed by atoms with Crippen molar-refractivity contribution in [1.82, 2.24) is 9.55 Å². The van der Waals surface area contributed by atoms with E-state index in [1.54, 1.807) is 14.2 Å². The largest absolute Gasteiger partial charge is 0.496 e. The zero-order chi connectivity index (χ0) is 20.9. The maximum atomic E-state index is 5.87. The number of imidazole rings is 1. The summed E-state index contributed by atoms with van der Waals surface area (Å²) in [6, 6.07) is 9.79. The van der Waals surface area contributed by atoms with Crippen LogP contribution in [-0.4, -0.2) is 43.6 Å². The molecular formula is C23H26N2O5. The van der Waals surface area contributed by atoms with Crippen LogP contribution in [0.15, 0.2) is 42.9 Å². The number of rotatable bonds is 7. The Morgan fingerprint density at radius 1 is 0.967 bits per heavy atom. The molecule has 0 saturated heterocycles. The molecule has 0 aliphatic carbocycles. The van der Waals surface area contributed by atoms with E-state index < -0.39 is 0 Å². The van der Waals surface area contributed by atoms with Crippen LogP contribution in [0, 0.1) is 0 Å². The molecular weight excluding hydrogens is 384 g/mol. The SMILES string of the molecule is CCOc1cc(Cn2cncc2-c2cc3c(cc2OC)OCCCO3)ccc1OC. The Kier molecular flexibility index (Phi) is 5.97. The van der Waals surface area contributed by atoms with Gasteiger partial charge in [-0.05, 0) is 30.7 Å². The third-order valence-electron chi connectivity index (χ3n) is 4.94. The first kappa shape index (κ1) is 19.9. The lowest BCUT2D eigenvalue weighted by atomic mass is 10.1. The van der Waals surface area contributed by atoms with Crippen molar-refractivity contribution in [2.24, 2.45) is 0 Å². The predicted molar refractivity (Wildman–Crippen MR) is 113 cm³/mol. The van der Waals surface area contributed by atoms with Crippen LogP contribution in [0.3, 0.4) is 0 Å². The van der Waals surface area contributed by atoms with Crippen LogP contribution in [0.4, 0.5) is 0 Å². The van der Waals surface area contributed by atoms with Gasteiger partial charge in [-0.2, -0.15) is 0 Å². The lowest BCUT2D eigenvalue weighted by molar-refractivity contribution is 0.296. The van der Waals surface area contributed by atoms with Gasteiger partial charge in [0.25, 0.3) is 0 Å². The van der Waals surface area contributed by atoms with Crippen molar-refractivity contribution >= 4 is 0 Å². The molecule has 0 saturated carbocycles. The zero-order valence-electron chi connectivity index (χ0n) is 17.5. The minimum atomic E-state index is 0.574. The van der Waals surface area contributed by atoms with Gasteiger partial charge in [-0.15, -0.1) is 0 Å². The Morgan fingerprint density at radius 3 is 2.47 bits per heavy atom. The third kappa shape index (κ3) is 4.01. The summed E-state index contributed by atoms with van der Waals surface area (Å²) >= 11 is 0. The highest BCUT2D eigenvalue weighted by atomic mass is 16.5. The maximum Gasteiger partial charge on any atom is 0.164 e. The average Bonchev–Trinajstić information content (AvgIpc) is 3.09. The van der Waals surface area contributed by atoms with E-state index in [-0.39, 0.29) is 0 Å². The normalized spacial score (nSPS) is 12.9. The number of nitrogens with zero attached hydrogens (tertiary/aromatic N) is 2. The van der Waals surface area contributed by atoms with Crippen LogP contribution in [0.25, 0.3) is 11.3 Å². The molecule has 1 aliphatic heterocycles. The van der Waals surface area contributed by atoms with Gasteiger partial charge in [-0.3, -0.25) is 0 Å². The summed E-state index contributed by atoms with van der Waals surface area (Å²) in [5.41, 5.74) is 2.90. The van der Waals surface area contributed by atoms with Gasteiger partial charge in [0.2, 0.25) is 0 Å². The van der Waals surface area contributed by atoms with E-state index in [9.17, 15) is 0 Å². The molecule has 2 heterocycles. The minimum absolute atomic E-state index is 0.574. The molecule has 30 heavy (non-hydrogen) atoms. The molecule has 0 bridgehead atoms. The molecule has 1 aromatic heterocycles. The van der Waals surface area contributed by atoms with Crippen molar-refractivity contribution in [3.8, 4) is 40.0 Å². The number of hydrogen-bond donors (Lipinski definition) is 0. The monoisotopic (exact) mass is 410 g/mol. The number of fused-ring (bicyclic) bond motifs is 1. The van der Waals surface area contributed by atoms with Crippen molar-refractivity contribution in [1.29, 1.82) is 0 Å². The van der Waals surface area contributed by atoms with E-state index in [1.807, 2.05) is 49.8 Å². The number of benzene rings is 2. The Morgan fingerprint density at radius 2 is 1.73 bits per heavy atom. The fourth-order valence-electron chi connectivity index (χ4n) is 3.51. The van der Waals surface area contributed by atoms with Crippen LogP contribution in [0.2, 0.25) is 0 Å². The quantitative estimate of drug-likeness (QED) is 0.582. The first-order valence-electron chi connectivity index (χ1n) is 10.0. The van der Waals surface area contributed by atoms with Crippen molar-refractivity contribution < 1.29 is 23.7 Å². The van der Waals surface area contributed by atoms with Crippen molar-refractivity contribution in [3.05, 3.63) is 48.4 Å². The van der Waals surface area contributed by atoms with E-state index in [1.165, 1.54) is 0 Å². The molecule has 4 rings (SSSR count). The highest BCUT2D eigenvalue weighted by Gasteiger charge is 2.19. The highest BCUT2D eigenvalue weighted by molar-refractivity contribution is 5.72. The van der Waals surface area contributed by atoms with Gasteiger partial charge in [0.1, 0.15) is 5.75 Å². The molecule has 0 atom stereocenters. The second-order valence-corrected chi connectivity index (χ2v) is 6.87. The van der Waals surface area contributed by atoms with Crippen molar-refractivity contribution in [2.45, 2.75) is 19.9 Å². The lowest BCUT2D eigenvalue weighted by Gasteiger charge is -2.16. The number of aromatic nitrogens is 2. The smallest absolute Gasteiger partial charge is 0.164 e. The minimum Gasteiger partial charge on any atom is -0.496 e. The first-order valence-corrected chi connectivity index (χ1v) is 10.0. The summed E-state index contributed by atoms with van der Waals surface area (Å²) < 4.78 is 30.5. The van der Waals surface area contributed by atoms with Crippen LogP contribution < -0.4 is 23.7 Å². The van der Waals surface area contributed by atoms with Crippen LogP contribution >= 0.6 is 0 Å². The summed E-state index contributed by atoms with van der Waals surface area (Å²) in [4.78, 5) is 4.37. The topological polar surface area (TPSA) is 64.0 Å². The van der Waals surface area contributed by atoms with Gasteiger partial charge in [-0.25, -0.2) is 4.98 Å². The standard InChI is InChI=1S/C23H26N2O5/c1-4-28-21-10-16(6-7-19(21)26-2)14-25-15-24-13-18(25)17-11-22-23(12-20(17)27-3)30-9-5-8-29-22/h6-7,10-13,15H,4-5,8-9,14H2,1-3H3. The van der Waals surface area contributed by atoms with E-state index in [4.69, 9.17) is 23.7 Å². The summed E-state index contributed by atoms with van der Waals surface area (Å²) in [5.74, 6) is 3.59. The third-order valence-corrected chi connectivity index (χ3v) is 4.94. The van der Waals surface area contributed by atoms with Gasteiger partial charge in [0.05, 0.1) is 52.3 Å². The fourth-order valence-corrected chi connectivity index (χ4v) is 3.51. The maximum absolute atomic E-state index is 5.87. The fraction of sp³-hybridized carbons (Fsp3) is 0.348. The molecule has 0 spiro atoms. The Bertz CT molecular complexity index is 1010. The van der Waals surface area contributed by atoms with Crippen LogP contribution in [0.1, 0.15) is 18.9 Å². The van der Waals surface area contributed by atoms with E-state index >= 15 is 0 Å². The summed E-state index contributed by atoms with van der Waals surface area (Å²) in [5, 5.41) is 0. The van der Waals surface area contributed by atoms with Gasteiger partial charge in [0, 0.05) is 24.6 Å². The molecule has 0 unspecified atom stereocenters. The lowest BCUT2D eigenvalue weighted by Crippen LogP contribution is -2.03. The molecule has 7 nitrogen and oxygen atoms in total. The van der Waals surface area contributed by atoms with E-state index in [2.05, 4.69) is 9.55 Å². The van der Waals surface area contributed by atoms with Crippen molar-refractivity contribution in [3.63, 3.8) is 0 Å². The molecule has 0 N–H and O–H groups in total. The molecule has 3 aromatic rings. The molecule has 7 heteroatoms. The summed E-state index contributed by atoms with van der Waals surface area (Å²) in [6.45, 7) is 4.41. The first-order chi connectivity index (χ1) is 14.7. The molecule has 0 fully saturated rings. The molecule has 0 radical (unpaired) electrons. The average molecular weight is 410 g/mol. The molecule has 1 aliphatic rings. The Hall–Kier alpha value is -3.35. The Balaban J connectivity index is 1.69. The van der Waals surface area contributed by atoms with Gasteiger partial charge >= 0.3 is 0 Å². The van der Waals surface area contributed by atoms with E-state index in [0.29, 0.717) is 37.9 Å². The second-order valence-electron chi connectivity index (χ2n) is 6.87. The summed E-state index contributed by atoms with van der Waals surface area (Å²) in [6.07, 6.45) is 4.49. The second kappa shape index (κ2) is 8.98. The number of hydrogen-bond acceptors (Lipinski definition) is 6.